The van der Waals surface area contributed by atoms with E-state index in [9.17, 15) is 0 Å². The molecule has 3 heteroatoms. The summed E-state index contributed by atoms with van der Waals surface area (Å²) in [5.41, 5.74) is 1.20. The Morgan fingerprint density at radius 3 is 3.17 bits per heavy atom. The van der Waals surface area contributed by atoms with Crippen LogP contribution >= 0.6 is 0 Å². The van der Waals surface area contributed by atoms with Crippen LogP contribution < -0.4 is 5.32 Å². The summed E-state index contributed by atoms with van der Waals surface area (Å²) in [5.74, 6) is 0. The number of anilines is 1. The van der Waals surface area contributed by atoms with Gasteiger partial charge in [-0.2, -0.15) is 0 Å². The maximum atomic E-state index is 5.58. The topological polar surface area (TPSA) is 34.2 Å². The van der Waals surface area contributed by atoms with Gasteiger partial charge in [0, 0.05) is 41.5 Å². The summed E-state index contributed by atoms with van der Waals surface area (Å²) in [6.45, 7) is 2.99. The highest BCUT2D eigenvalue weighted by molar-refractivity contribution is 5.93. The minimum atomic E-state index is 0.355. The van der Waals surface area contributed by atoms with Gasteiger partial charge in [-0.3, -0.25) is 4.98 Å². The predicted molar refractivity (Wildman–Crippen MR) is 73.8 cm³/mol. The molecule has 2 unspecified atom stereocenters. The van der Waals surface area contributed by atoms with E-state index in [0.29, 0.717) is 12.1 Å². The number of nitrogens with one attached hydrogen (secondary N) is 1. The average molecular weight is 242 g/mol. The third-order valence-electron chi connectivity index (χ3n) is 3.53. The van der Waals surface area contributed by atoms with Gasteiger partial charge in [-0.25, -0.2) is 0 Å². The van der Waals surface area contributed by atoms with E-state index in [2.05, 4.69) is 41.5 Å². The van der Waals surface area contributed by atoms with Crippen LogP contribution in [0, 0.1) is 0 Å². The second kappa shape index (κ2) is 4.94. The fourth-order valence-corrected chi connectivity index (χ4v) is 2.60. The van der Waals surface area contributed by atoms with Gasteiger partial charge in [-0.15, -0.1) is 0 Å². The number of ether oxygens (including phenoxy) is 1. The van der Waals surface area contributed by atoms with E-state index in [1.54, 1.807) is 0 Å². The highest BCUT2D eigenvalue weighted by Gasteiger charge is 2.19. The zero-order valence-corrected chi connectivity index (χ0v) is 10.6. The van der Waals surface area contributed by atoms with Gasteiger partial charge in [0.15, 0.2) is 0 Å². The summed E-state index contributed by atoms with van der Waals surface area (Å²) >= 11 is 0. The van der Waals surface area contributed by atoms with Crippen LogP contribution in [0.15, 0.2) is 36.7 Å². The number of hydrogen-bond donors (Lipinski definition) is 1. The monoisotopic (exact) mass is 242 g/mol. The van der Waals surface area contributed by atoms with E-state index < -0.39 is 0 Å². The molecule has 1 fully saturated rings. The van der Waals surface area contributed by atoms with Crippen molar-refractivity contribution in [3.63, 3.8) is 0 Å². The Kier molecular flexibility index (Phi) is 3.15. The Labute approximate surface area is 107 Å². The lowest BCUT2D eigenvalue weighted by molar-refractivity contribution is 0.0232. The van der Waals surface area contributed by atoms with Gasteiger partial charge in [0.05, 0.1) is 6.10 Å². The molecular formula is C15H18N2O. The Morgan fingerprint density at radius 2 is 2.28 bits per heavy atom. The number of nitrogens with zero attached hydrogens (tertiary/aromatic N) is 1. The molecule has 0 spiro atoms. The fraction of sp³-hybridized carbons (Fsp3) is 0.400. The Bertz CT molecular complexity index is 536. The quantitative estimate of drug-likeness (QED) is 0.878. The molecule has 0 aliphatic carbocycles. The van der Waals surface area contributed by atoms with Gasteiger partial charge in [-0.1, -0.05) is 12.1 Å². The van der Waals surface area contributed by atoms with Crippen molar-refractivity contribution in [1.82, 2.24) is 4.98 Å². The van der Waals surface area contributed by atoms with Gasteiger partial charge < -0.3 is 10.1 Å². The van der Waals surface area contributed by atoms with E-state index in [-0.39, 0.29) is 0 Å². The second-order valence-electron chi connectivity index (χ2n) is 4.95. The third kappa shape index (κ3) is 2.31. The molecule has 0 amide bonds. The second-order valence-corrected chi connectivity index (χ2v) is 4.95. The SMILES string of the molecule is CC1CC(Nc2cccc3cnccc23)CCO1. The summed E-state index contributed by atoms with van der Waals surface area (Å²) in [6.07, 6.45) is 6.26. The first-order valence-electron chi connectivity index (χ1n) is 6.54. The van der Waals surface area contributed by atoms with Crippen molar-refractivity contribution in [2.24, 2.45) is 0 Å². The zero-order chi connectivity index (χ0) is 12.4. The van der Waals surface area contributed by atoms with Crippen molar-refractivity contribution in [3.8, 4) is 0 Å². The highest BCUT2D eigenvalue weighted by Crippen LogP contribution is 2.25. The van der Waals surface area contributed by atoms with Crippen LogP contribution in [0.2, 0.25) is 0 Å². The van der Waals surface area contributed by atoms with Crippen molar-refractivity contribution in [2.45, 2.75) is 31.9 Å². The van der Waals surface area contributed by atoms with Crippen molar-refractivity contribution >= 4 is 16.5 Å². The van der Waals surface area contributed by atoms with Crippen LogP contribution in [0.25, 0.3) is 10.8 Å². The maximum Gasteiger partial charge on any atom is 0.0566 e. The van der Waals surface area contributed by atoms with Crippen molar-refractivity contribution < 1.29 is 4.74 Å². The zero-order valence-electron chi connectivity index (χ0n) is 10.6. The first kappa shape index (κ1) is 11.5. The molecule has 1 N–H and O–H groups in total. The van der Waals surface area contributed by atoms with Gasteiger partial charge in [0.2, 0.25) is 0 Å². The van der Waals surface area contributed by atoms with Crippen LogP contribution in [-0.4, -0.2) is 23.7 Å². The first-order valence-corrected chi connectivity index (χ1v) is 6.54. The Balaban J connectivity index is 1.86. The lowest BCUT2D eigenvalue weighted by atomic mass is 10.0. The highest BCUT2D eigenvalue weighted by atomic mass is 16.5. The standard InChI is InChI=1S/C15H18N2O/c1-11-9-13(6-8-18-11)17-15-4-2-3-12-10-16-7-5-14(12)15/h2-5,7,10-11,13,17H,6,8-9H2,1H3. The molecule has 1 aliphatic heterocycles. The molecule has 1 aromatic carbocycles. The smallest absolute Gasteiger partial charge is 0.0566 e. The molecule has 2 atom stereocenters. The molecule has 1 aliphatic rings. The first-order chi connectivity index (χ1) is 8.83. The van der Waals surface area contributed by atoms with Crippen molar-refractivity contribution in [2.75, 3.05) is 11.9 Å². The maximum absolute atomic E-state index is 5.58. The molecule has 94 valence electrons. The molecule has 1 aromatic heterocycles. The number of fused-ring (bicyclic) bond motifs is 1. The lowest BCUT2D eigenvalue weighted by Crippen LogP contribution is -2.32. The summed E-state index contributed by atoms with van der Waals surface area (Å²) in [6, 6.07) is 8.89. The van der Waals surface area contributed by atoms with E-state index in [0.717, 1.165) is 19.4 Å². The van der Waals surface area contributed by atoms with Gasteiger partial charge in [0.1, 0.15) is 0 Å². The van der Waals surface area contributed by atoms with Gasteiger partial charge in [-0.05, 0) is 31.9 Å². The van der Waals surface area contributed by atoms with Crippen LogP contribution in [0.3, 0.4) is 0 Å². The molecule has 3 nitrogen and oxygen atoms in total. The molecule has 0 saturated carbocycles. The normalized spacial score (nSPS) is 24.1. The molecular weight excluding hydrogens is 224 g/mol. The van der Waals surface area contributed by atoms with Crippen LogP contribution in [0.1, 0.15) is 19.8 Å². The number of pyridine rings is 1. The fourth-order valence-electron chi connectivity index (χ4n) is 2.60. The lowest BCUT2D eigenvalue weighted by Gasteiger charge is -2.29. The van der Waals surface area contributed by atoms with Crippen LogP contribution in [0.5, 0.6) is 0 Å². The summed E-state index contributed by atoms with van der Waals surface area (Å²) in [7, 11) is 0. The molecule has 3 rings (SSSR count). The van der Waals surface area contributed by atoms with Crippen molar-refractivity contribution in [1.29, 1.82) is 0 Å². The van der Waals surface area contributed by atoms with E-state index in [4.69, 9.17) is 4.74 Å². The molecule has 18 heavy (non-hydrogen) atoms. The minimum Gasteiger partial charge on any atom is -0.382 e. The molecule has 0 bridgehead atoms. The number of aromatic nitrogens is 1. The van der Waals surface area contributed by atoms with Crippen LogP contribution in [-0.2, 0) is 4.74 Å². The summed E-state index contributed by atoms with van der Waals surface area (Å²) in [4.78, 5) is 4.17. The molecule has 1 saturated heterocycles. The third-order valence-corrected chi connectivity index (χ3v) is 3.53. The predicted octanol–water partition coefficient (Wildman–Crippen LogP) is 3.21. The molecule has 2 heterocycles. The van der Waals surface area contributed by atoms with Gasteiger partial charge in [0.25, 0.3) is 0 Å². The largest absolute Gasteiger partial charge is 0.382 e. The van der Waals surface area contributed by atoms with Crippen molar-refractivity contribution in [3.05, 3.63) is 36.7 Å². The number of benzene rings is 1. The average Bonchev–Trinajstić information content (AvgIpc) is 2.39. The van der Waals surface area contributed by atoms with Crippen LogP contribution in [0.4, 0.5) is 5.69 Å². The summed E-state index contributed by atoms with van der Waals surface area (Å²) < 4.78 is 5.58. The Hall–Kier alpha value is -1.61. The number of hydrogen-bond acceptors (Lipinski definition) is 3. The number of rotatable bonds is 2. The Morgan fingerprint density at radius 1 is 1.33 bits per heavy atom. The minimum absolute atomic E-state index is 0.355. The van der Waals surface area contributed by atoms with E-state index in [1.807, 2.05) is 12.4 Å². The van der Waals surface area contributed by atoms with E-state index >= 15 is 0 Å². The van der Waals surface area contributed by atoms with E-state index in [1.165, 1.54) is 16.5 Å². The molecule has 2 aromatic rings. The summed E-state index contributed by atoms with van der Waals surface area (Å²) in [5, 5.41) is 6.07. The molecule has 0 radical (unpaired) electrons. The van der Waals surface area contributed by atoms with Gasteiger partial charge >= 0.3 is 0 Å².